The number of rotatable bonds is 7. The second-order valence-electron chi connectivity index (χ2n) is 5.85. The summed E-state index contributed by atoms with van der Waals surface area (Å²) in [7, 11) is 0. The molecule has 2 aromatic carbocycles. The highest BCUT2D eigenvalue weighted by molar-refractivity contribution is 5.79. The van der Waals surface area contributed by atoms with Crippen LogP contribution in [0, 0.1) is 18.3 Å². The molecule has 5 nitrogen and oxygen atoms in total. The summed E-state index contributed by atoms with van der Waals surface area (Å²) in [5.41, 5.74) is 3.13. The standard InChI is InChI=1S/C20H22F2N4O/c1-3-24-20(25-12-16-7-5-15(11-23)6-8-16)26-13-17-10-14(2)4-9-18(17)27-19(21)22/h4-10,19H,3,12-13H2,1-2H3,(H2,24,25,26). The highest BCUT2D eigenvalue weighted by Gasteiger charge is 2.10. The summed E-state index contributed by atoms with van der Waals surface area (Å²) >= 11 is 0. The number of ether oxygens (including phenoxy) is 1. The molecule has 0 aliphatic carbocycles. The van der Waals surface area contributed by atoms with Crippen molar-refractivity contribution in [1.82, 2.24) is 10.6 Å². The first-order valence-corrected chi connectivity index (χ1v) is 8.57. The van der Waals surface area contributed by atoms with E-state index in [1.807, 2.05) is 26.0 Å². The second-order valence-corrected chi connectivity index (χ2v) is 5.85. The van der Waals surface area contributed by atoms with Crippen molar-refractivity contribution in [1.29, 1.82) is 5.26 Å². The molecule has 2 aromatic rings. The molecule has 142 valence electrons. The highest BCUT2D eigenvalue weighted by atomic mass is 19.3. The van der Waals surface area contributed by atoms with E-state index in [1.165, 1.54) is 0 Å². The third kappa shape index (κ3) is 6.59. The molecule has 2 rings (SSSR count). The Morgan fingerprint density at radius 1 is 1.19 bits per heavy atom. The van der Waals surface area contributed by atoms with Crippen LogP contribution in [-0.2, 0) is 13.1 Å². The monoisotopic (exact) mass is 372 g/mol. The Morgan fingerprint density at radius 3 is 2.56 bits per heavy atom. The summed E-state index contributed by atoms with van der Waals surface area (Å²) in [6.45, 7) is 2.34. The zero-order chi connectivity index (χ0) is 19.6. The van der Waals surface area contributed by atoms with Crippen molar-refractivity contribution in [2.45, 2.75) is 33.5 Å². The molecule has 0 spiro atoms. The molecule has 2 N–H and O–H groups in total. The van der Waals surface area contributed by atoms with E-state index in [2.05, 4.69) is 26.4 Å². The van der Waals surface area contributed by atoms with Crippen molar-refractivity contribution in [3.63, 3.8) is 0 Å². The van der Waals surface area contributed by atoms with Crippen LogP contribution >= 0.6 is 0 Å². The van der Waals surface area contributed by atoms with Crippen LogP contribution < -0.4 is 15.4 Å². The fourth-order valence-electron chi connectivity index (χ4n) is 2.43. The van der Waals surface area contributed by atoms with Gasteiger partial charge in [0.25, 0.3) is 0 Å². The van der Waals surface area contributed by atoms with E-state index >= 15 is 0 Å². The molecule has 0 atom stereocenters. The zero-order valence-corrected chi connectivity index (χ0v) is 15.3. The van der Waals surface area contributed by atoms with Crippen molar-refractivity contribution < 1.29 is 13.5 Å². The predicted molar refractivity (Wildman–Crippen MR) is 101 cm³/mol. The molecular weight excluding hydrogens is 350 g/mol. The molecule has 0 radical (unpaired) electrons. The van der Waals surface area contributed by atoms with Gasteiger partial charge in [-0.2, -0.15) is 14.0 Å². The molecular formula is C20H22F2N4O. The molecule has 0 aliphatic rings. The number of alkyl halides is 2. The number of hydrogen-bond acceptors (Lipinski definition) is 3. The fourth-order valence-corrected chi connectivity index (χ4v) is 2.43. The fraction of sp³-hybridized carbons (Fsp3) is 0.300. The minimum atomic E-state index is -2.87. The van der Waals surface area contributed by atoms with Crippen molar-refractivity contribution >= 4 is 5.96 Å². The molecule has 27 heavy (non-hydrogen) atoms. The number of halogens is 2. The number of nitrogens with one attached hydrogen (secondary N) is 2. The Kier molecular flexibility index (Phi) is 7.56. The van der Waals surface area contributed by atoms with Crippen LogP contribution in [0.25, 0.3) is 0 Å². The summed E-state index contributed by atoms with van der Waals surface area (Å²) in [5, 5.41) is 15.1. The lowest BCUT2D eigenvalue weighted by Gasteiger charge is -2.15. The average molecular weight is 372 g/mol. The summed E-state index contributed by atoms with van der Waals surface area (Å²) in [6.07, 6.45) is 0. The van der Waals surface area contributed by atoms with Gasteiger partial charge in [0.2, 0.25) is 0 Å². The van der Waals surface area contributed by atoms with Crippen molar-refractivity contribution in [2.75, 3.05) is 6.54 Å². The number of hydrogen-bond donors (Lipinski definition) is 2. The number of nitrogens with zero attached hydrogens (tertiary/aromatic N) is 2. The lowest BCUT2D eigenvalue weighted by atomic mass is 10.1. The lowest BCUT2D eigenvalue weighted by Crippen LogP contribution is -2.36. The van der Waals surface area contributed by atoms with Gasteiger partial charge >= 0.3 is 6.61 Å². The van der Waals surface area contributed by atoms with Crippen LogP contribution in [0.2, 0.25) is 0 Å². The van der Waals surface area contributed by atoms with E-state index in [0.717, 1.165) is 11.1 Å². The van der Waals surface area contributed by atoms with Gasteiger partial charge in [0, 0.05) is 18.7 Å². The second kappa shape index (κ2) is 10.1. The molecule has 0 saturated heterocycles. The van der Waals surface area contributed by atoms with Gasteiger partial charge in [-0.3, -0.25) is 0 Å². The van der Waals surface area contributed by atoms with E-state index in [4.69, 9.17) is 5.26 Å². The largest absolute Gasteiger partial charge is 0.434 e. The van der Waals surface area contributed by atoms with Gasteiger partial charge in [-0.15, -0.1) is 0 Å². The maximum atomic E-state index is 12.6. The van der Waals surface area contributed by atoms with Crippen LogP contribution in [0.15, 0.2) is 47.5 Å². The summed E-state index contributed by atoms with van der Waals surface area (Å²) in [6, 6.07) is 14.3. The van der Waals surface area contributed by atoms with E-state index < -0.39 is 6.61 Å². The third-order valence-electron chi connectivity index (χ3n) is 3.73. The van der Waals surface area contributed by atoms with Gasteiger partial charge in [0.05, 0.1) is 18.2 Å². The van der Waals surface area contributed by atoms with Crippen LogP contribution in [0.3, 0.4) is 0 Å². The van der Waals surface area contributed by atoms with Crippen LogP contribution in [0.5, 0.6) is 5.75 Å². The third-order valence-corrected chi connectivity index (χ3v) is 3.73. The molecule has 0 fully saturated rings. The predicted octanol–water partition coefficient (Wildman–Crippen LogP) is 3.72. The van der Waals surface area contributed by atoms with E-state index in [0.29, 0.717) is 36.7 Å². The molecule has 7 heteroatoms. The Labute approximate surface area is 157 Å². The Bertz CT molecular complexity index is 814. The van der Waals surface area contributed by atoms with Crippen LogP contribution in [-0.4, -0.2) is 19.1 Å². The quantitative estimate of drug-likeness (QED) is 0.574. The first kappa shape index (κ1) is 20.2. The minimum Gasteiger partial charge on any atom is -0.434 e. The van der Waals surface area contributed by atoms with Gasteiger partial charge < -0.3 is 15.4 Å². The smallest absolute Gasteiger partial charge is 0.387 e. The average Bonchev–Trinajstić information content (AvgIpc) is 2.66. The van der Waals surface area contributed by atoms with Crippen molar-refractivity contribution in [3.8, 4) is 11.8 Å². The number of aliphatic imine (C=N–C) groups is 1. The lowest BCUT2D eigenvalue weighted by molar-refractivity contribution is -0.0504. The van der Waals surface area contributed by atoms with E-state index in [1.54, 1.807) is 30.3 Å². The summed E-state index contributed by atoms with van der Waals surface area (Å²) < 4.78 is 29.8. The van der Waals surface area contributed by atoms with E-state index in [-0.39, 0.29) is 5.75 Å². The van der Waals surface area contributed by atoms with Gasteiger partial charge in [0.1, 0.15) is 5.75 Å². The Balaban J connectivity index is 2.07. The van der Waals surface area contributed by atoms with Gasteiger partial charge in [-0.05, 0) is 37.6 Å². The number of nitriles is 1. The van der Waals surface area contributed by atoms with Gasteiger partial charge in [-0.25, -0.2) is 4.99 Å². The van der Waals surface area contributed by atoms with Crippen LogP contribution in [0.1, 0.15) is 29.2 Å². The first-order valence-electron chi connectivity index (χ1n) is 8.57. The summed E-state index contributed by atoms with van der Waals surface area (Å²) in [4.78, 5) is 4.49. The molecule has 0 aromatic heterocycles. The molecule has 0 heterocycles. The molecule has 0 unspecified atom stereocenters. The van der Waals surface area contributed by atoms with Crippen molar-refractivity contribution in [2.24, 2.45) is 4.99 Å². The summed E-state index contributed by atoms with van der Waals surface area (Å²) in [5.74, 6) is 0.706. The van der Waals surface area contributed by atoms with Gasteiger partial charge in [0.15, 0.2) is 5.96 Å². The highest BCUT2D eigenvalue weighted by Crippen LogP contribution is 2.22. The number of guanidine groups is 1. The maximum absolute atomic E-state index is 12.6. The number of benzene rings is 2. The molecule has 0 saturated carbocycles. The Hall–Kier alpha value is -3.14. The molecule has 0 bridgehead atoms. The zero-order valence-electron chi connectivity index (χ0n) is 15.3. The normalized spacial score (nSPS) is 11.2. The minimum absolute atomic E-state index is 0.144. The SMILES string of the molecule is CCNC(=NCc1ccc(C#N)cc1)NCc1cc(C)ccc1OC(F)F. The topological polar surface area (TPSA) is 69.4 Å². The first-order chi connectivity index (χ1) is 13.0. The van der Waals surface area contributed by atoms with Crippen molar-refractivity contribution in [3.05, 3.63) is 64.7 Å². The molecule has 0 aliphatic heterocycles. The number of aryl methyl sites for hydroxylation is 1. The van der Waals surface area contributed by atoms with E-state index in [9.17, 15) is 8.78 Å². The Morgan fingerprint density at radius 2 is 1.93 bits per heavy atom. The van der Waals surface area contributed by atoms with Crippen LogP contribution in [0.4, 0.5) is 8.78 Å². The maximum Gasteiger partial charge on any atom is 0.387 e. The van der Waals surface area contributed by atoms with Gasteiger partial charge in [-0.1, -0.05) is 29.8 Å². The molecule has 0 amide bonds.